The Morgan fingerprint density at radius 1 is 1.19 bits per heavy atom. The third kappa shape index (κ3) is 2.92. The largest absolute Gasteiger partial charge is 0.391 e. The number of carbonyl (C=O) groups excluding carboxylic acids is 1. The van der Waals surface area contributed by atoms with Crippen LogP contribution in [0.4, 0.5) is 0 Å². The molecule has 1 saturated heterocycles. The van der Waals surface area contributed by atoms with E-state index in [0.717, 1.165) is 36.8 Å². The molecule has 5 nitrogen and oxygen atoms in total. The minimum atomic E-state index is -0.305. The van der Waals surface area contributed by atoms with E-state index in [9.17, 15) is 9.90 Å². The van der Waals surface area contributed by atoms with E-state index < -0.39 is 0 Å². The number of aliphatic hydroxyl groups is 1. The first-order chi connectivity index (χ1) is 12.3. The van der Waals surface area contributed by atoms with E-state index in [4.69, 9.17) is 11.6 Å². The number of likely N-dealkylation sites (tertiary alicyclic amines) is 1. The number of fused-ring (bicyclic) bond motifs is 2. The SMILES string of the molecule is CN(C)[C@@H]1C[C@@H]2CN(C(=O)c3cc4ccc(Cl)cc4n3C)C[C@@H]2C[C@H]1O. The number of aryl methyl sites for hydroxylation is 1. The first-order valence-electron chi connectivity index (χ1n) is 9.24. The van der Waals surface area contributed by atoms with Crippen LogP contribution in [0.3, 0.4) is 0 Å². The van der Waals surface area contributed by atoms with Gasteiger partial charge >= 0.3 is 0 Å². The Kier molecular flexibility index (Phi) is 4.49. The predicted molar refractivity (Wildman–Crippen MR) is 104 cm³/mol. The molecule has 26 heavy (non-hydrogen) atoms. The van der Waals surface area contributed by atoms with Gasteiger partial charge < -0.3 is 19.5 Å². The zero-order valence-electron chi connectivity index (χ0n) is 15.5. The third-order valence-electron chi connectivity index (χ3n) is 6.29. The number of aliphatic hydroxyl groups excluding tert-OH is 1. The number of nitrogens with zero attached hydrogens (tertiary/aromatic N) is 3. The summed E-state index contributed by atoms with van der Waals surface area (Å²) in [6.07, 6.45) is 1.43. The molecule has 1 N–H and O–H groups in total. The standard InChI is InChI=1S/C20H26ClN3O2/c1-22(2)17-7-13-10-24(11-14(13)8-19(17)25)20(26)18-6-12-4-5-15(21)9-16(12)23(18)3/h4-6,9,13-14,17,19,25H,7-8,10-11H2,1-3H3/t13-,14+,17-,19-/m1/s1. The Labute approximate surface area is 159 Å². The fourth-order valence-corrected chi connectivity index (χ4v) is 4.96. The maximum atomic E-state index is 13.2. The van der Waals surface area contributed by atoms with Crippen molar-refractivity contribution >= 4 is 28.4 Å². The summed E-state index contributed by atoms with van der Waals surface area (Å²) in [5.41, 5.74) is 1.67. The number of hydrogen-bond donors (Lipinski definition) is 1. The lowest BCUT2D eigenvalue weighted by Gasteiger charge is -2.38. The summed E-state index contributed by atoms with van der Waals surface area (Å²) < 4.78 is 1.93. The Balaban J connectivity index is 1.56. The second-order valence-electron chi connectivity index (χ2n) is 8.09. The lowest BCUT2D eigenvalue weighted by molar-refractivity contribution is 0.00940. The van der Waals surface area contributed by atoms with Gasteiger partial charge in [-0.1, -0.05) is 17.7 Å². The first kappa shape index (κ1) is 17.8. The minimum absolute atomic E-state index is 0.0742. The van der Waals surface area contributed by atoms with Crippen LogP contribution in [0.25, 0.3) is 10.9 Å². The summed E-state index contributed by atoms with van der Waals surface area (Å²) >= 11 is 6.11. The molecular weight excluding hydrogens is 350 g/mol. The molecule has 0 radical (unpaired) electrons. The van der Waals surface area contributed by atoms with Gasteiger partial charge in [-0.3, -0.25) is 4.79 Å². The van der Waals surface area contributed by atoms with E-state index in [1.165, 1.54) is 0 Å². The quantitative estimate of drug-likeness (QED) is 0.877. The zero-order chi connectivity index (χ0) is 18.6. The number of aromatic nitrogens is 1. The van der Waals surface area contributed by atoms with Gasteiger partial charge in [-0.2, -0.15) is 0 Å². The molecule has 0 spiro atoms. The van der Waals surface area contributed by atoms with Crippen molar-refractivity contribution in [3.63, 3.8) is 0 Å². The Bertz CT molecular complexity index is 847. The number of amides is 1. The smallest absolute Gasteiger partial charge is 0.270 e. The molecule has 2 aliphatic rings. The zero-order valence-corrected chi connectivity index (χ0v) is 16.3. The molecule has 1 aliphatic carbocycles. The van der Waals surface area contributed by atoms with Crippen LogP contribution in [0, 0.1) is 11.8 Å². The van der Waals surface area contributed by atoms with Crippen LogP contribution in [0.2, 0.25) is 5.02 Å². The molecule has 1 saturated carbocycles. The average molecular weight is 376 g/mol. The minimum Gasteiger partial charge on any atom is -0.391 e. The summed E-state index contributed by atoms with van der Waals surface area (Å²) in [7, 11) is 5.96. The van der Waals surface area contributed by atoms with Crippen molar-refractivity contribution in [1.29, 1.82) is 0 Å². The molecule has 140 valence electrons. The van der Waals surface area contributed by atoms with Crippen molar-refractivity contribution in [3.05, 3.63) is 35.0 Å². The van der Waals surface area contributed by atoms with Crippen LogP contribution < -0.4 is 0 Å². The molecule has 4 rings (SSSR count). The second kappa shape index (κ2) is 6.55. The summed E-state index contributed by atoms with van der Waals surface area (Å²) in [6, 6.07) is 7.84. The van der Waals surface area contributed by atoms with Gasteiger partial charge in [0, 0.05) is 42.1 Å². The van der Waals surface area contributed by atoms with Crippen LogP contribution in [0.1, 0.15) is 23.3 Å². The van der Waals surface area contributed by atoms with Crippen molar-refractivity contribution in [3.8, 4) is 0 Å². The summed E-state index contributed by atoms with van der Waals surface area (Å²) in [5, 5.41) is 12.1. The van der Waals surface area contributed by atoms with Crippen molar-refractivity contribution in [2.75, 3.05) is 27.2 Å². The highest BCUT2D eigenvalue weighted by molar-refractivity contribution is 6.31. The summed E-state index contributed by atoms with van der Waals surface area (Å²) in [4.78, 5) is 17.2. The van der Waals surface area contributed by atoms with Crippen LogP contribution in [-0.2, 0) is 7.05 Å². The van der Waals surface area contributed by atoms with Crippen molar-refractivity contribution < 1.29 is 9.90 Å². The maximum Gasteiger partial charge on any atom is 0.270 e. The van der Waals surface area contributed by atoms with E-state index in [2.05, 4.69) is 4.90 Å². The lowest BCUT2D eigenvalue weighted by Crippen LogP contribution is -2.46. The summed E-state index contributed by atoms with van der Waals surface area (Å²) in [6.45, 7) is 1.52. The number of rotatable bonds is 2. The van der Waals surface area contributed by atoms with Gasteiger partial charge in [0.05, 0.1) is 6.10 Å². The second-order valence-corrected chi connectivity index (χ2v) is 8.53. The van der Waals surface area contributed by atoms with Crippen molar-refractivity contribution in [2.45, 2.75) is 25.0 Å². The molecule has 2 aromatic rings. The Morgan fingerprint density at radius 3 is 2.58 bits per heavy atom. The molecule has 2 fully saturated rings. The van der Waals surface area contributed by atoms with Gasteiger partial charge in [0.1, 0.15) is 5.69 Å². The van der Waals surface area contributed by atoms with Gasteiger partial charge in [0.2, 0.25) is 0 Å². The lowest BCUT2D eigenvalue weighted by atomic mass is 9.77. The average Bonchev–Trinajstić information content (AvgIpc) is 3.14. The number of halogens is 1. The van der Waals surface area contributed by atoms with Gasteiger partial charge in [-0.05, 0) is 57.0 Å². The third-order valence-corrected chi connectivity index (χ3v) is 6.52. The fourth-order valence-electron chi connectivity index (χ4n) is 4.80. The highest BCUT2D eigenvalue weighted by Crippen LogP contribution is 2.38. The molecule has 1 aliphatic heterocycles. The van der Waals surface area contributed by atoms with Gasteiger partial charge in [-0.15, -0.1) is 0 Å². The fraction of sp³-hybridized carbons (Fsp3) is 0.550. The Hall–Kier alpha value is -1.56. The predicted octanol–water partition coefficient (Wildman–Crippen LogP) is 2.60. The van der Waals surface area contributed by atoms with Gasteiger partial charge in [-0.25, -0.2) is 0 Å². The number of likely N-dealkylation sites (N-methyl/N-ethyl adjacent to an activating group) is 1. The van der Waals surface area contributed by atoms with Crippen molar-refractivity contribution in [2.24, 2.45) is 18.9 Å². The highest BCUT2D eigenvalue weighted by Gasteiger charge is 2.43. The molecule has 2 heterocycles. The van der Waals surface area contributed by atoms with Crippen LogP contribution >= 0.6 is 11.6 Å². The Morgan fingerprint density at radius 2 is 1.88 bits per heavy atom. The molecule has 4 atom stereocenters. The van der Waals surface area contributed by atoms with Gasteiger partial charge in [0.25, 0.3) is 5.91 Å². The monoisotopic (exact) mass is 375 g/mol. The van der Waals surface area contributed by atoms with Crippen LogP contribution in [0.5, 0.6) is 0 Å². The normalized spacial score (nSPS) is 28.8. The van der Waals surface area contributed by atoms with Crippen molar-refractivity contribution in [1.82, 2.24) is 14.4 Å². The molecule has 1 aromatic carbocycles. The highest BCUT2D eigenvalue weighted by atomic mass is 35.5. The molecule has 1 aromatic heterocycles. The van der Waals surface area contributed by atoms with E-state index in [1.54, 1.807) is 0 Å². The first-order valence-corrected chi connectivity index (χ1v) is 9.61. The van der Waals surface area contributed by atoms with Gasteiger partial charge in [0.15, 0.2) is 0 Å². The van der Waals surface area contributed by atoms with E-state index in [0.29, 0.717) is 22.6 Å². The molecule has 6 heteroatoms. The molecular formula is C20H26ClN3O2. The van der Waals surface area contributed by atoms with Crippen LogP contribution in [-0.4, -0.2) is 64.7 Å². The molecule has 1 amide bonds. The van der Waals surface area contributed by atoms with E-state index in [1.807, 2.05) is 54.9 Å². The van der Waals surface area contributed by atoms with E-state index >= 15 is 0 Å². The number of hydrogen-bond acceptors (Lipinski definition) is 3. The number of benzene rings is 1. The number of carbonyl (C=O) groups is 1. The summed E-state index contributed by atoms with van der Waals surface area (Å²) in [5.74, 6) is 0.943. The van der Waals surface area contributed by atoms with E-state index in [-0.39, 0.29) is 18.1 Å². The topological polar surface area (TPSA) is 48.7 Å². The molecule has 0 bridgehead atoms. The van der Waals surface area contributed by atoms with Crippen LogP contribution in [0.15, 0.2) is 24.3 Å². The maximum absolute atomic E-state index is 13.2. The molecule has 0 unspecified atom stereocenters.